The lowest BCUT2D eigenvalue weighted by atomic mass is 10.1. The van der Waals surface area contributed by atoms with Gasteiger partial charge in [-0.15, -0.1) is 0 Å². The molecule has 2 N–H and O–H groups in total. The second-order valence-corrected chi connectivity index (χ2v) is 6.40. The molecule has 1 aliphatic heterocycles. The van der Waals surface area contributed by atoms with Crippen LogP contribution in [0.25, 0.3) is 0 Å². The topological polar surface area (TPSA) is 79.6 Å². The molecule has 0 radical (unpaired) electrons. The van der Waals surface area contributed by atoms with Crippen molar-refractivity contribution in [2.24, 2.45) is 0 Å². The highest BCUT2D eigenvalue weighted by atomic mass is 16.3. The van der Waals surface area contributed by atoms with Crippen molar-refractivity contribution in [2.45, 2.75) is 13.0 Å². The van der Waals surface area contributed by atoms with E-state index in [9.17, 15) is 9.90 Å². The van der Waals surface area contributed by atoms with Gasteiger partial charge in [0.2, 0.25) is 5.91 Å². The van der Waals surface area contributed by atoms with Gasteiger partial charge in [0.05, 0.1) is 17.7 Å². The highest BCUT2D eigenvalue weighted by molar-refractivity contribution is 5.94. The van der Waals surface area contributed by atoms with E-state index in [0.29, 0.717) is 11.3 Å². The Labute approximate surface area is 153 Å². The minimum absolute atomic E-state index is 0.0711. The van der Waals surface area contributed by atoms with Gasteiger partial charge in [-0.2, -0.15) is 5.26 Å². The summed E-state index contributed by atoms with van der Waals surface area (Å²) in [5.74, 6) is 0.191. The maximum absolute atomic E-state index is 12.5. The van der Waals surface area contributed by atoms with Gasteiger partial charge in [0.1, 0.15) is 5.75 Å². The number of amides is 1. The molecule has 6 heteroatoms. The third kappa shape index (κ3) is 4.13. The Balaban J connectivity index is 1.55. The van der Waals surface area contributed by atoms with Gasteiger partial charge in [-0.3, -0.25) is 9.69 Å². The Morgan fingerprint density at radius 3 is 2.50 bits per heavy atom. The Morgan fingerprint density at radius 2 is 1.85 bits per heavy atom. The van der Waals surface area contributed by atoms with Crippen LogP contribution in [-0.4, -0.2) is 48.1 Å². The monoisotopic (exact) mass is 350 g/mol. The lowest BCUT2D eigenvalue weighted by Gasteiger charge is -2.38. The van der Waals surface area contributed by atoms with Gasteiger partial charge in [-0.05, 0) is 49.4 Å². The third-order valence-corrected chi connectivity index (χ3v) is 4.72. The maximum Gasteiger partial charge on any atom is 0.241 e. The van der Waals surface area contributed by atoms with Crippen molar-refractivity contribution in [2.75, 3.05) is 36.4 Å². The Morgan fingerprint density at radius 1 is 1.15 bits per heavy atom. The van der Waals surface area contributed by atoms with Crippen molar-refractivity contribution in [3.05, 3.63) is 54.1 Å². The van der Waals surface area contributed by atoms with Gasteiger partial charge in [0, 0.05) is 37.6 Å². The number of piperazine rings is 1. The van der Waals surface area contributed by atoms with Crippen molar-refractivity contribution in [3.63, 3.8) is 0 Å². The molecule has 0 aromatic heterocycles. The van der Waals surface area contributed by atoms with E-state index < -0.39 is 0 Å². The van der Waals surface area contributed by atoms with Crippen molar-refractivity contribution in [1.82, 2.24) is 4.90 Å². The van der Waals surface area contributed by atoms with E-state index in [0.717, 1.165) is 31.9 Å². The van der Waals surface area contributed by atoms with Crippen LogP contribution < -0.4 is 10.2 Å². The summed E-state index contributed by atoms with van der Waals surface area (Å²) in [6.45, 7) is 5.12. The summed E-state index contributed by atoms with van der Waals surface area (Å²) in [5, 5.41) is 21.2. The zero-order valence-electron chi connectivity index (χ0n) is 14.7. The Bertz CT molecular complexity index is 805. The molecule has 6 nitrogen and oxygen atoms in total. The van der Waals surface area contributed by atoms with Gasteiger partial charge >= 0.3 is 0 Å². The number of hydrogen-bond donors (Lipinski definition) is 2. The van der Waals surface area contributed by atoms with Crippen molar-refractivity contribution >= 4 is 17.3 Å². The largest absolute Gasteiger partial charge is 0.508 e. The standard InChI is InChI=1S/C20H22N4O2/c1-15(20(26)22-17-4-2-3-16(13-17)14-21)23-9-11-24(12-10-23)18-5-7-19(25)8-6-18/h2-8,13,15,25H,9-12H2,1H3,(H,22,26)/t15-/m0/s1. The average molecular weight is 350 g/mol. The molecule has 0 unspecified atom stereocenters. The lowest BCUT2D eigenvalue weighted by molar-refractivity contribution is -0.120. The SMILES string of the molecule is C[C@@H](C(=O)Nc1cccc(C#N)c1)N1CCN(c2ccc(O)cc2)CC1. The molecule has 134 valence electrons. The van der Waals surface area contributed by atoms with Crippen LogP contribution in [0.2, 0.25) is 0 Å². The van der Waals surface area contributed by atoms with Gasteiger partial charge in [0.25, 0.3) is 0 Å². The normalized spacial score (nSPS) is 15.9. The van der Waals surface area contributed by atoms with Crippen LogP contribution in [0.3, 0.4) is 0 Å². The van der Waals surface area contributed by atoms with E-state index in [1.54, 1.807) is 36.4 Å². The number of aromatic hydroxyl groups is 1. The lowest BCUT2D eigenvalue weighted by Crippen LogP contribution is -2.52. The number of benzene rings is 2. The molecule has 1 aliphatic rings. The first-order valence-corrected chi connectivity index (χ1v) is 8.66. The molecular formula is C20H22N4O2. The number of nitrogens with one attached hydrogen (secondary N) is 1. The molecule has 3 rings (SSSR count). The predicted molar refractivity (Wildman–Crippen MR) is 101 cm³/mol. The quantitative estimate of drug-likeness (QED) is 0.885. The second kappa shape index (κ2) is 7.89. The summed E-state index contributed by atoms with van der Waals surface area (Å²) < 4.78 is 0. The number of rotatable bonds is 4. The zero-order chi connectivity index (χ0) is 18.5. The smallest absolute Gasteiger partial charge is 0.241 e. The van der Waals surface area contributed by atoms with E-state index in [2.05, 4.69) is 21.2 Å². The molecule has 1 saturated heterocycles. The molecule has 2 aromatic carbocycles. The molecule has 1 amide bonds. The highest BCUT2D eigenvalue weighted by Crippen LogP contribution is 2.20. The first-order chi connectivity index (χ1) is 12.6. The van der Waals surface area contributed by atoms with Crippen molar-refractivity contribution < 1.29 is 9.90 Å². The molecule has 26 heavy (non-hydrogen) atoms. The average Bonchev–Trinajstić information content (AvgIpc) is 2.68. The van der Waals surface area contributed by atoms with E-state index >= 15 is 0 Å². The fraction of sp³-hybridized carbons (Fsp3) is 0.300. The number of anilines is 2. The summed E-state index contributed by atoms with van der Waals surface area (Å²) in [6, 6.07) is 15.9. The Hall–Kier alpha value is -3.04. The molecular weight excluding hydrogens is 328 g/mol. The van der Waals surface area contributed by atoms with E-state index in [4.69, 9.17) is 5.26 Å². The zero-order valence-corrected chi connectivity index (χ0v) is 14.7. The number of nitrogens with zero attached hydrogens (tertiary/aromatic N) is 3. The highest BCUT2D eigenvalue weighted by Gasteiger charge is 2.25. The number of hydrogen-bond acceptors (Lipinski definition) is 5. The number of nitriles is 1. The predicted octanol–water partition coefficient (Wildman–Crippen LogP) is 2.41. The fourth-order valence-electron chi connectivity index (χ4n) is 3.11. The number of phenolic OH excluding ortho intramolecular Hbond substituents is 1. The van der Waals surface area contributed by atoms with Crippen LogP contribution in [0.4, 0.5) is 11.4 Å². The van der Waals surface area contributed by atoms with Crippen LogP contribution in [-0.2, 0) is 4.79 Å². The van der Waals surface area contributed by atoms with Crippen molar-refractivity contribution in [1.29, 1.82) is 5.26 Å². The summed E-state index contributed by atoms with van der Waals surface area (Å²) >= 11 is 0. The fourth-order valence-corrected chi connectivity index (χ4v) is 3.11. The summed E-state index contributed by atoms with van der Waals surface area (Å²) in [7, 11) is 0. The van der Waals surface area contributed by atoms with Gasteiger partial charge in [-0.25, -0.2) is 0 Å². The molecule has 1 atom stereocenters. The van der Waals surface area contributed by atoms with Crippen molar-refractivity contribution in [3.8, 4) is 11.8 Å². The summed E-state index contributed by atoms with van der Waals surface area (Å²) in [5.41, 5.74) is 2.24. The molecule has 1 fully saturated rings. The van der Waals surface area contributed by atoms with Crippen LogP contribution in [0.15, 0.2) is 48.5 Å². The van der Waals surface area contributed by atoms with Crippen LogP contribution in [0, 0.1) is 11.3 Å². The van der Waals surface area contributed by atoms with Crippen LogP contribution >= 0.6 is 0 Å². The molecule has 0 aliphatic carbocycles. The minimum atomic E-state index is -0.247. The molecule has 1 heterocycles. The minimum Gasteiger partial charge on any atom is -0.508 e. The van der Waals surface area contributed by atoms with Gasteiger partial charge in [0.15, 0.2) is 0 Å². The van der Waals surface area contributed by atoms with E-state index in [-0.39, 0.29) is 17.7 Å². The van der Waals surface area contributed by atoms with Crippen LogP contribution in [0.5, 0.6) is 5.75 Å². The third-order valence-electron chi connectivity index (χ3n) is 4.72. The summed E-state index contributed by atoms with van der Waals surface area (Å²) in [6.07, 6.45) is 0. The number of phenols is 1. The first-order valence-electron chi connectivity index (χ1n) is 8.66. The molecule has 2 aromatic rings. The number of carbonyl (C=O) groups excluding carboxylic acids is 1. The molecule has 0 bridgehead atoms. The van der Waals surface area contributed by atoms with Gasteiger partial charge in [-0.1, -0.05) is 6.07 Å². The Kier molecular flexibility index (Phi) is 5.40. The second-order valence-electron chi connectivity index (χ2n) is 6.40. The first kappa shape index (κ1) is 17.8. The van der Waals surface area contributed by atoms with E-state index in [1.807, 2.05) is 19.1 Å². The maximum atomic E-state index is 12.5. The van der Waals surface area contributed by atoms with Crippen LogP contribution in [0.1, 0.15) is 12.5 Å². The molecule has 0 spiro atoms. The summed E-state index contributed by atoms with van der Waals surface area (Å²) in [4.78, 5) is 16.9. The van der Waals surface area contributed by atoms with E-state index in [1.165, 1.54) is 0 Å². The molecule has 0 saturated carbocycles. The van der Waals surface area contributed by atoms with Gasteiger partial charge < -0.3 is 15.3 Å². The number of carbonyl (C=O) groups is 1.